The molecular formula is C67H98CoN14O15P-5. The van der Waals surface area contributed by atoms with Gasteiger partial charge in [0.2, 0.25) is 41.4 Å². The minimum absolute atomic E-state index is 0. The molecule has 18 atom stereocenters. The first kappa shape index (κ1) is 80.2. The van der Waals surface area contributed by atoms with Gasteiger partial charge in [0, 0.05) is 68.3 Å². The zero-order valence-corrected chi connectivity index (χ0v) is 59.8. The van der Waals surface area contributed by atoms with Gasteiger partial charge >= 0.3 is 7.82 Å². The minimum Gasteiger partial charge on any atom is -0.685 e. The van der Waals surface area contributed by atoms with Gasteiger partial charge in [-0.1, -0.05) is 41.5 Å². The second kappa shape index (κ2) is 31.4. The number of aryl methyl sites for hydroxylation is 2. The van der Waals surface area contributed by atoms with E-state index in [1.807, 2.05) is 87.4 Å². The van der Waals surface area contributed by atoms with E-state index in [1.54, 1.807) is 17.4 Å². The molecule has 7 heterocycles. The molecule has 6 aliphatic heterocycles. The molecule has 0 aliphatic carbocycles. The number of ether oxygens (including phenoxy) is 1. The zero-order chi connectivity index (χ0) is 72.4. The molecule has 545 valence electrons. The Morgan fingerprint density at radius 1 is 0.786 bits per heavy atom. The molecule has 29 nitrogen and oxygen atoms in total. The van der Waals surface area contributed by atoms with E-state index in [2.05, 4.69) is 15.6 Å². The van der Waals surface area contributed by atoms with Crippen molar-refractivity contribution in [3.05, 3.63) is 91.6 Å². The number of aromatic nitrogens is 2. The Labute approximate surface area is 583 Å². The third-order valence-electron chi connectivity index (χ3n) is 21.7. The van der Waals surface area contributed by atoms with Gasteiger partial charge in [-0.2, -0.15) is 17.1 Å². The van der Waals surface area contributed by atoms with Crippen molar-refractivity contribution in [3.8, 4) is 5.92 Å². The van der Waals surface area contributed by atoms with Crippen LogP contribution in [0, 0.1) is 71.5 Å². The maximum absolute atomic E-state index is 14.4. The predicted octanol–water partition coefficient (Wildman–Crippen LogP) is 3.61. The Kier molecular flexibility index (Phi) is 25.7. The molecule has 8 rings (SSSR count). The van der Waals surface area contributed by atoms with Crippen molar-refractivity contribution < 1.29 is 93.2 Å². The number of allylic oxidation sites excluding steroid dienone is 3. The summed E-state index contributed by atoms with van der Waals surface area (Å²) in [6.07, 6.45) is 2.27. The summed E-state index contributed by atoms with van der Waals surface area (Å²) in [5.74, 6) is -5.70. The second-order valence-corrected chi connectivity index (χ2v) is 29.9. The van der Waals surface area contributed by atoms with E-state index in [0.29, 0.717) is 45.8 Å². The first-order valence-electron chi connectivity index (χ1n) is 32.9. The molecule has 1 radical (unpaired) electrons. The normalized spacial score (nSPS) is 34.3. The van der Waals surface area contributed by atoms with Crippen molar-refractivity contribution in [1.82, 2.24) is 15.6 Å². The molecule has 8 bridgehead atoms. The molecule has 0 saturated carbocycles. The number of carbonyl (C=O) groups excluding carboxylic acids is 8. The number of nitrogens with one attached hydrogen (secondary N) is 2. The second-order valence-electron chi connectivity index (χ2n) is 28.6. The molecule has 2 aromatic rings. The number of nitrogens with zero attached hydrogens (tertiary/aromatic N) is 6. The predicted molar refractivity (Wildman–Crippen MR) is 357 cm³/mol. The fourth-order valence-electron chi connectivity index (χ4n) is 16.3. The molecule has 31 heteroatoms. The first-order chi connectivity index (χ1) is 45.1. The maximum atomic E-state index is 14.4. The number of amides is 8. The van der Waals surface area contributed by atoms with E-state index in [1.165, 1.54) is 13.3 Å². The molecule has 98 heavy (non-hydrogen) atoms. The summed E-state index contributed by atoms with van der Waals surface area (Å²) < 4.78 is 32.3. The van der Waals surface area contributed by atoms with E-state index >= 15 is 0 Å². The summed E-state index contributed by atoms with van der Waals surface area (Å²) in [4.78, 5) is 119. The summed E-state index contributed by atoms with van der Waals surface area (Å²) in [5, 5.41) is 49.3. The van der Waals surface area contributed by atoms with Crippen molar-refractivity contribution in [3.63, 3.8) is 0 Å². The summed E-state index contributed by atoms with van der Waals surface area (Å²) >= 11 is 0. The summed E-state index contributed by atoms with van der Waals surface area (Å²) in [6, 6.07) is 0.530. The first-order valence-corrected chi connectivity index (χ1v) is 34.4. The smallest absolute Gasteiger partial charge is 0.472 e. The van der Waals surface area contributed by atoms with Gasteiger partial charge in [-0.15, -0.1) is 46.9 Å². The molecule has 1 aromatic heterocycles. The van der Waals surface area contributed by atoms with Gasteiger partial charge < -0.3 is 102 Å². The van der Waals surface area contributed by atoms with E-state index in [-0.39, 0.29) is 94.0 Å². The number of aliphatic hydroxyl groups is 2. The Hall–Kier alpha value is -6.75. The van der Waals surface area contributed by atoms with Crippen LogP contribution in [0.5, 0.6) is 0 Å². The van der Waals surface area contributed by atoms with Crippen LogP contribution >= 0.6 is 7.82 Å². The van der Waals surface area contributed by atoms with Gasteiger partial charge in [0.15, 0.2) is 6.23 Å². The van der Waals surface area contributed by atoms with E-state index < -0.39 is 167 Å². The van der Waals surface area contributed by atoms with Crippen LogP contribution in [0.2, 0.25) is 0 Å². The SMILES string of the molecule is C/C1=C2/[N-][C@H]([C@H](CC(N)=O)[C@@]2(C)CCC(=O)NC[C@@H](C)OP(=O)(O)O[C@H]2[C@@H](O)[C@@H]([n+]3c[n-]c4cc(C)c(C)cc43)O[C@@H]2CO)[C@]2(C)[N-]C(/C(C)=C3\[N-]/C(=C\C4[N-]C1[C@@H](CCC(N)=O)C4(C)C)[C@@H](CCC(N)=O)[C@]3(C)CC(N)=O)[C@@H](CCC(N)=O)[C@]2(C)CC(N)=O.[C-]#CC(=O)NCC.[Co]. The molecule has 0 spiro atoms. The number of fused-ring (bicyclic) bond motifs is 10. The van der Waals surface area contributed by atoms with Gasteiger partial charge in [0.1, 0.15) is 24.2 Å². The van der Waals surface area contributed by atoms with E-state index in [0.717, 1.165) is 11.1 Å². The number of phosphoric ester groups is 1. The van der Waals surface area contributed by atoms with Crippen LogP contribution in [0.15, 0.2) is 52.8 Å². The third-order valence-corrected chi connectivity index (χ3v) is 22.8. The Balaban J connectivity index is 0.00000179. The van der Waals surface area contributed by atoms with E-state index in [9.17, 15) is 58.0 Å². The topological polar surface area (TPSA) is 497 Å². The van der Waals surface area contributed by atoms with Gasteiger partial charge in [0.05, 0.1) is 30.1 Å². The Morgan fingerprint density at radius 2 is 1.38 bits per heavy atom. The van der Waals surface area contributed by atoms with Crippen LogP contribution in [-0.2, 0) is 73.5 Å². The van der Waals surface area contributed by atoms with Gasteiger partial charge in [-0.25, -0.2) is 15.5 Å². The standard InChI is InChI=1S/C62H92N13O14P.C5H6NO.Co/c1-29-20-39-40(21-30(29)2)75(28-70-39)57-52(84)53(41(27-76)87-57)89-90(85,86)88-31(3)26-69-49(83)18-19-59(8)37(22-46(66)80)56-62(11)61(10,25-48(68)82)36(14-17-45(65)79)51(74-62)33(5)55-60(9,24-47(67)81)34(12-15-43(63)77)38(71-55)23-42-58(6,7)35(13-16-44(64)78)50(72-42)32(4)54(59)73-56;1-3-5(7)6-4-2;/h20-21,23,28,31,34-37,41-42,50-53,56-57,76,84H,12-19,22,24-27H2,1-11H3,(H14,63,64,65,66,67,68,69,77,78,79,80,81,82,83,85,86);4H2,2H3,(H,6,7);/q-4;-1;/b38-23-,54-32-,55-33-;;/t31-,34-,35-,36-,37+,41-,42?,50?,51?,52-,53-,56-,57+,59-,60+,61+,62+;;/m1../s1. The summed E-state index contributed by atoms with van der Waals surface area (Å²) in [6.45, 7) is 21.8. The molecular weight excluding hydrogens is 1330 g/mol. The Morgan fingerprint density at radius 3 is 1.94 bits per heavy atom. The van der Waals surface area contributed by atoms with Gasteiger partial charge in [-0.3, -0.25) is 42.6 Å². The zero-order valence-electron chi connectivity index (χ0n) is 57.9. The fourth-order valence-corrected chi connectivity index (χ4v) is 17.4. The summed E-state index contributed by atoms with van der Waals surface area (Å²) in [7, 11) is -5.06. The van der Waals surface area contributed by atoms with Crippen molar-refractivity contribution in [2.24, 2.45) is 79.7 Å². The van der Waals surface area contributed by atoms with Crippen LogP contribution in [0.1, 0.15) is 157 Å². The number of imidazole rings is 1. The quantitative estimate of drug-likeness (QED) is 0.0263. The Bertz CT molecular complexity index is 3590. The molecule has 6 aliphatic rings. The number of hydrogen-bond acceptors (Lipinski definition) is 14. The van der Waals surface area contributed by atoms with Crippen molar-refractivity contribution in [1.29, 1.82) is 0 Å². The van der Waals surface area contributed by atoms with Crippen LogP contribution in [0.4, 0.5) is 0 Å². The monoisotopic (exact) mass is 1430 g/mol. The average Bonchev–Trinajstić information content (AvgIpc) is 1.53. The van der Waals surface area contributed by atoms with Crippen molar-refractivity contribution >= 4 is 66.1 Å². The molecule has 17 N–H and O–H groups in total. The minimum atomic E-state index is -5.06. The number of primary amides is 6. The van der Waals surface area contributed by atoms with Gasteiger partial charge in [-0.05, 0) is 142 Å². The number of rotatable bonds is 27. The van der Waals surface area contributed by atoms with Crippen molar-refractivity contribution in [2.45, 2.75) is 214 Å². The number of phosphoric acid groups is 1. The number of aliphatic hydroxyl groups excluding tert-OH is 2. The molecule has 5 saturated heterocycles. The molecule has 1 aromatic carbocycles. The van der Waals surface area contributed by atoms with Crippen LogP contribution < -0.4 is 54.6 Å². The van der Waals surface area contributed by atoms with Crippen molar-refractivity contribution in [2.75, 3.05) is 19.7 Å². The molecule has 4 unspecified atom stereocenters. The number of hydrogen-bond donors (Lipinski definition) is 11. The fraction of sp³-hybridized carbons (Fsp3) is 0.657. The average molecular weight is 1430 g/mol. The molecule has 8 amide bonds. The van der Waals surface area contributed by atoms with Crippen LogP contribution in [-0.4, -0.2) is 136 Å². The maximum Gasteiger partial charge on any atom is 0.472 e. The van der Waals surface area contributed by atoms with Crippen LogP contribution in [0.25, 0.3) is 32.3 Å². The van der Waals surface area contributed by atoms with Gasteiger partial charge in [0.25, 0.3) is 0 Å². The third kappa shape index (κ3) is 16.5. The molecule has 5 fully saturated rings. The van der Waals surface area contributed by atoms with Crippen LogP contribution in [0.3, 0.4) is 0 Å². The number of benzene rings is 1. The van der Waals surface area contributed by atoms with E-state index in [4.69, 9.17) is 75.9 Å². The summed E-state index contributed by atoms with van der Waals surface area (Å²) in [5.41, 5.74) is 36.2. The largest absolute Gasteiger partial charge is 0.685 e. The number of carbonyl (C=O) groups is 8. The number of nitrogens with two attached hydrogens (primary N) is 6.